The van der Waals surface area contributed by atoms with Crippen LogP contribution in [0.15, 0.2) is 22.7 Å². The number of ether oxygens (including phenoxy) is 1. The number of nitrogens with one attached hydrogen (secondary N) is 1. The number of hydrogen-bond acceptors (Lipinski definition) is 10. The van der Waals surface area contributed by atoms with E-state index in [2.05, 4.69) is 30.3 Å². The number of amides is 1. The number of rotatable bonds is 11. The van der Waals surface area contributed by atoms with Gasteiger partial charge in [0.2, 0.25) is 17.7 Å². The van der Waals surface area contributed by atoms with Gasteiger partial charge >= 0.3 is 0 Å². The third-order valence-corrected chi connectivity index (χ3v) is 5.99. The fourth-order valence-electron chi connectivity index (χ4n) is 3.86. The molecule has 2 aromatic heterocycles. The second-order valence-corrected chi connectivity index (χ2v) is 9.02. The third-order valence-electron chi connectivity index (χ3n) is 5.99. The normalized spacial score (nSPS) is 13.9. The van der Waals surface area contributed by atoms with E-state index in [9.17, 15) is 9.90 Å². The first-order valence-corrected chi connectivity index (χ1v) is 12.0. The van der Waals surface area contributed by atoms with Crippen molar-refractivity contribution in [2.45, 2.75) is 52.2 Å². The van der Waals surface area contributed by atoms with Gasteiger partial charge in [-0.1, -0.05) is 12.1 Å². The van der Waals surface area contributed by atoms with Crippen molar-refractivity contribution in [2.24, 2.45) is 0 Å². The number of aliphatic hydroxyl groups excluding tert-OH is 2. The Morgan fingerprint density at radius 3 is 2.72 bits per heavy atom. The number of hydrogen-bond donors (Lipinski definition) is 3. The van der Waals surface area contributed by atoms with Gasteiger partial charge in [0.05, 0.1) is 0 Å². The predicted molar refractivity (Wildman–Crippen MR) is 133 cm³/mol. The summed E-state index contributed by atoms with van der Waals surface area (Å²) in [6, 6.07) is 6.15. The quantitative estimate of drug-likeness (QED) is 0.359. The summed E-state index contributed by atoms with van der Waals surface area (Å²) < 4.78 is 11.4. The molecule has 2 heterocycles. The largest absolute Gasteiger partial charge is 0.490 e. The molecule has 3 N–H and O–H groups in total. The van der Waals surface area contributed by atoms with Gasteiger partial charge in [0.1, 0.15) is 30.8 Å². The van der Waals surface area contributed by atoms with Crippen LogP contribution in [0.25, 0.3) is 23.0 Å². The van der Waals surface area contributed by atoms with Crippen LogP contribution in [-0.2, 0) is 11.2 Å². The van der Waals surface area contributed by atoms with E-state index in [-0.39, 0.29) is 13.2 Å². The first-order chi connectivity index (χ1) is 17.3. The number of aliphatic hydroxyl groups is 2. The monoisotopic (exact) mass is 496 g/mol. The van der Waals surface area contributed by atoms with Crippen molar-refractivity contribution in [1.29, 1.82) is 0 Å². The van der Waals surface area contributed by atoms with Gasteiger partial charge in [0.15, 0.2) is 0 Å². The molecule has 1 aliphatic carbocycles. The van der Waals surface area contributed by atoms with Crippen molar-refractivity contribution in [1.82, 2.24) is 25.4 Å². The lowest BCUT2D eigenvalue weighted by molar-refractivity contribution is -0.124. The summed E-state index contributed by atoms with van der Waals surface area (Å²) in [7, 11) is 2.00. The zero-order chi connectivity index (χ0) is 25.8. The van der Waals surface area contributed by atoms with E-state index in [1.54, 1.807) is 0 Å². The smallest absolute Gasteiger partial charge is 0.277 e. The molecule has 0 saturated heterocycles. The molecule has 1 amide bonds. The van der Waals surface area contributed by atoms with Crippen LogP contribution in [-0.4, -0.2) is 75.2 Å². The number of nitrogens with zero attached hydrogens (tertiary/aromatic N) is 5. The highest BCUT2D eigenvalue weighted by Gasteiger charge is 2.28. The lowest BCUT2D eigenvalue weighted by Crippen LogP contribution is -2.36. The first kappa shape index (κ1) is 25.5. The molecule has 0 bridgehead atoms. The summed E-state index contributed by atoms with van der Waals surface area (Å²) in [4.78, 5) is 27.0. The molecule has 1 aromatic carbocycles. The molecule has 0 radical (unpaired) electrons. The first-order valence-electron chi connectivity index (χ1n) is 12.0. The predicted octanol–water partition coefficient (Wildman–Crippen LogP) is 1.82. The molecular weight excluding hydrogens is 464 g/mol. The fourth-order valence-corrected chi connectivity index (χ4v) is 3.86. The highest BCUT2D eigenvalue weighted by Crippen LogP contribution is 2.32. The maximum atomic E-state index is 11.2. The number of anilines is 1. The summed E-state index contributed by atoms with van der Waals surface area (Å²) in [6.07, 6.45) is 2.07. The molecule has 1 fully saturated rings. The summed E-state index contributed by atoms with van der Waals surface area (Å²) in [5, 5.41) is 25.5. The molecular formula is C25H32N6O5. The molecule has 1 atom stereocenters. The highest BCUT2D eigenvalue weighted by atomic mass is 16.5. The van der Waals surface area contributed by atoms with Crippen molar-refractivity contribution in [3.8, 4) is 28.7 Å². The molecule has 4 rings (SSSR count). The van der Waals surface area contributed by atoms with Crippen molar-refractivity contribution >= 4 is 11.9 Å². The molecule has 0 spiro atoms. The Morgan fingerprint density at radius 1 is 1.25 bits per heavy atom. The van der Waals surface area contributed by atoms with Gasteiger partial charge in [0, 0.05) is 30.9 Å². The maximum absolute atomic E-state index is 11.2. The summed E-state index contributed by atoms with van der Waals surface area (Å²) in [5.74, 6) is 1.53. The topological polar surface area (TPSA) is 147 Å². The van der Waals surface area contributed by atoms with Crippen LogP contribution in [0.1, 0.15) is 36.6 Å². The van der Waals surface area contributed by atoms with Crippen LogP contribution in [0, 0.1) is 13.8 Å². The SMILES string of the molecule is CCc1cc(-c2noc(-c3cc(C)nc(N(C)C4CC4)n3)n2)cc(C)c1OCC(O)CNC(=O)CO. The standard InChI is InChI=1S/C25H32N6O5/c1-5-16-10-17(8-14(2)22(16)35-13-19(33)11-26-21(34)12-32)23-29-24(36-30-23)20-9-15(3)27-25(28-20)31(4)18-6-7-18/h8-10,18-19,32-33H,5-7,11-13H2,1-4H3,(H,26,34). The minimum atomic E-state index is -0.913. The second kappa shape index (κ2) is 11.0. The Balaban J connectivity index is 1.51. The van der Waals surface area contributed by atoms with Crippen molar-refractivity contribution in [2.75, 3.05) is 31.7 Å². The molecule has 3 aromatic rings. The zero-order valence-corrected chi connectivity index (χ0v) is 21.0. The summed E-state index contributed by atoms with van der Waals surface area (Å²) in [5.41, 5.74) is 3.97. The molecule has 1 unspecified atom stereocenters. The Labute approximate surface area is 209 Å². The zero-order valence-electron chi connectivity index (χ0n) is 21.0. The van der Waals surface area contributed by atoms with Gasteiger partial charge in [-0.15, -0.1) is 0 Å². The molecule has 11 nitrogen and oxygen atoms in total. The Hall–Kier alpha value is -3.57. The highest BCUT2D eigenvalue weighted by molar-refractivity contribution is 5.76. The minimum absolute atomic E-state index is 0.00401. The van der Waals surface area contributed by atoms with Gasteiger partial charge < -0.3 is 29.7 Å². The van der Waals surface area contributed by atoms with Gasteiger partial charge in [-0.05, 0) is 62.4 Å². The van der Waals surface area contributed by atoms with Crippen LogP contribution >= 0.6 is 0 Å². The van der Waals surface area contributed by atoms with Gasteiger partial charge in [-0.2, -0.15) is 4.98 Å². The van der Waals surface area contributed by atoms with E-state index in [1.807, 2.05) is 46.0 Å². The molecule has 192 valence electrons. The number of carbonyl (C=O) groups is 1. The van der Waals surface area contributed by atoms with E-state index in [1.165, 1.54) is 0 Å². The fraction of sp³-hybridized carbons (Fsp3) is 0.480. The average molecular weight is 497 g/mol. The van der Waals surface area contributed by atoms with E-state index < -0.39 is 18.6 Å². The van der Waals surface area contributed by atoms with E-state index in [0.717, 1.165) is 35.2 Å². The van der Waals surface area contributed by atoms with Crippen molar-refractivity contribution in [3.63, 3.8) is 0 Å². The Morgan fingerprint density at radius 2 is 2.03 bits per heavy atom. The van der Waals surface area contributed by atoms with E-state index >= 15 is 0 Å². The lowest BCUT2D eigenvalue weighted by atomic mass is 10.0. The third kappa shape index (κ3) is 5.97. The van der Waals surface area contributed by atoms with Crippen LogP contribution in [0.4, 0.5) is 5.95 Å². The van der Waals surface area contributed by atoms with Gasteiger partial charge in [-0.25, -0.2) is 9.97 Å². The van der Waals surface area contributed by atoms with Crippen molar-refractivity contribution in [3.05, 3.63) is 35.0 Å². The number of aryl methyl sites for hydroxylation is 3. The molecule has 11 heteroatoms. The number of carbonyl (C=O) groups excluding carboxylic acids is 1. The van der Waals surface area contributed by atoms with E-state index in [0.29, 0.717) is 41.6 Å². The summed E-state index contributed by atoms with van der Waals surface area (Å²) in [6.45, 7) is 5.20. The van der Waals surface area contributed by atoms with Crippen LogP contribution in [0.2, 0.25) is 0 Å². The van der Waals surface area contributed by atoms with Crippen LogP contribution in [0.5, 0.6) is 5.75 Å². The Kier molecular flexibility index (Phi) is 7.80. The maximum Gasteiger partial charge on any atom is 0.277 e. The minimum Gasteiger partial charge on any atom is -0.490 e. The second-order valence-electron chi connectivity index (χ2n) is 9.02. The lowest BCUT2D eigenvalue weighted by Gasteiger charge is -2.17. The van der Waals surface area contributed by atoms with Crippen LogP contribution < -0.4 is 15.0 Å². The summed E-state index contributed by atoms with van der Waals surface area (Å²) >= 11 is 0. The average Bonchev–Trinajstić information content (AvgIpc) is 3.60. The molecule has 0 aliphatic heterocycles. The Bertz CT molecular complexity index is 1230. The molecule has 36 heavy (non-hydrogen) atoms. The van der Waals surface area contributed by atoms with E-state index in [4.69, 9.17) is 14.4 Å². The van der Waals surface area contributed by atoms with Gasteiger partial charge in [-0.3, -0.25) is 4.79 Å². The molecule has 1 saturated carbocycles. The van der Waals surface area contributed by atoms with Gasteiger partial charge in [0.25, 0.3) is 5.89 Å². The number of aromatic nitrogens is 4. The van der Waals surface area contributed by atoms with Crippen molar-refractivity contribution < 1.29 is 24.3 Å². The molecule has 1 aliphatic rings. The van der Waals surface area contributed by atoms with Crippen LogP contribution in [0.3, 0.4) is 0 Å². The number of benzene rings is 1.